The van der Waals surface area contributed by atoms with Gasteiger partial charge in [-0.05, 0) is 23.0 Å². The number of amides is 2. The lowest BCUT2D eigenvalue weighted by atomic mass is 9.86. The zero-order valence-electron chi connectivity index (χ0n) is 17.1. The van der Waals surface area contributed by atoms with Crippen molar-refractivity contribution in [1.29, 1.82) is 0 Å². The van der Waals surface area contributed by atoms with Gasteiger partial charge in [-0.25, -0.2) is 0 Å². The van der Waals surface area contributed by atoms with Crippen molar-refractivity contribution in [2.45, 2.75) is 59.0 Å². The summed E-state index contributed by atoms with van der Waals surface area (Å²) in [5.74, 6) is -0.636. The van der Waals surface area contributed by atoms with Gasteiger partial charge in [0.25, 0.3) is 0 Å². The van der Waals surface area contributed by atoms with Crippen molar-refractivity contribution >= 4 is 11.8 Å². The molecule has 0 aromatic heterocycles. The van der Waals surface area contributed by atoms with Gasteiger partial charge in [0.1, 0.15) is 6.10 Å². The summed E-state index contributed by atoms with van der Waals surface area (Å²) in [5.41, 5.74) is 1.58. The maximum absolute atomic E-state index is 11.9. The van der Waals surface area contributed by atoms with E-state index in [1.165, 1.54) is 5.56 Å². The SMILES string of the molecule is CC(C)(C)c1ccc(CCC(=O)NCCNC(=O)[C@H](O)C(C)(C)CO)cc1. The number of aliphatic hydroxyl groups excluding tert-OH is 2. The van der Waals surface area contributed by atoms with Crippen LogP contribution in [0.5, 0.6) is 0 Å². The highest BCUT2D eigenvalue weighted by molar-refractivity contribution is 5.81. The third-order valence-corrected chi connectivity index (χ3v) is 4.60. The summed E-state index contributed by atoms with van der Waals surface area (Å²) in [6, 6.07) is 8.31. The van der Waals surface area contributed by atoms with E-state index in [2.05, 4.69) is 55.7 Å². The molecule has 0 heterocycles. The molecule has 152 valence electrons. The van der Waals surface area contributed by atoms with Crippen LogP contribution in [0, 0.1) is 5.41 Å². The fourth-order valence-corrected chi connectivity index (χ4v) is 2.44. The number of hydrogen-bond donors (Lipinski definition) is 4. The van der Waals surface area contributed by atoms with Crippen molar-refractivity contribution in [3.63, 3.8) is 0 Å². The lowest BCUT2D eigenvalue weighted by molar-refractivity contribution is -0.137. The minimum atomic E-state index is -1.30. The fraction of sp³-hybridized carbons (Fsp3) is 0.619. The molecule has 0 fully saturated rings. The Morgan fingerprint density at radius 2 is 1.56 bits per heavy atom. The molecular formula is C21H34N2O4. The van der Waals surface area contributed by atoms with Crippen LogP contribution in [0.2, 0.25) is 0 Å². The number of nitrogens with one attached hydrogen (secondary N) is 2. The van der Waals surface area contributed by atoms with Crippen molar-refractivity contribution in [3.05, 3.63) is 35.4 Å². The molecule has 6 nitrogen and oxygen atoms in total. The van der Waals surface area contributed by atoms with Gasteiger partial charge in [0, 0.05) is 24.9 Å². The molecule has 0 bridgehead atoms. The highest BCUT2D eigenvalue weighted by Gasteiger charge is 2.32. The van der Waals surface area contributed by atoms with Gasteiger partial charge in [0.2, 0.25) is 11.8 Å². The van der Waals surface area contributed by atoms with Gasteiger partial charge >= 0.3 is 0 Å². The van der Waals surface area contributed by atoms with Crippen molar-refractivity contribution in [2.75, 3.05) is 19.7 Å². The Balaban J connectivity index is 2.29. The molecule has 0 aliphatic carbocycles. The monoisotopic (exact) mass is 378 g/mol. The van der Waals surface area contributed by atoms with Gasteiger partial charge < -0.3 is 20.8 Å². The minimum Gasteiger partial charge on any atom is -0.396 e. The molecule has 0 saturated carbocycles. The third-order valence-electron chi connectivity index (χ3n) is 4.60. The summed E-state index contributed by atoms with van der Waals surface area (Å²) in [6.45, 7) is 9.92. The van der Waals surface area contributed by atoms with E-state index >= 15 is 0 Å². The molecule has 4 N–H and O–H groups in total. The number of rotatable bonds is 9. The van der Waals surface area contributed by atoms with E-state index in [0.717, 1.165) is 5.56 Å². The van der Waals surface area contributed by atoms with E-state index in [1.807, 2.05) is 0 Å². The van der Waals surface area contributed by atoms with Gasteiger partial charge in [0.15, 0.2) is 0 Å². The molecule has 0 spiro atoms. The maximum atomic E-state index is 11.9. The van der Waals surface area contributed by atoms with Crippen LogP contribution in [0.3, 0.4) is 0 Å². The topological polar surface area (TPSA) is 98.7 Å². The summed E-state index contributed by atoms with van der Waals surface area (Å²) in [4.78, 5) is 23.7. The summed E-state index contributed by atoms with van der Waals surface area (Å²) in [7, 11) is 0. The summed E-state index contributed by atoms with van der Waals surface area (Å²) in [5, 5.41) is 24.4. The summed E-state index contributed by atoms with van der Waals surface area (Å²) >= 11 is 0. The van der Waals surface area contributed by atoms with Gasteiger partial charge in [0.05, 0.1) is 6.61 Å². The van der Waals surface area contributed by atoms with Crippen LogP contribution in [-0.4, -0.2) is 47.8 Å². The third kappa shape index (κ3) is 7.69. The Morgan fingerprint density at radius 3 is 2.07 bits per heavy atom. The molecule has 1 aromatic rings. The van der Waals surface area contributed by atoms with E-state index in [4.69, 9.17) is 5.11 Å². The predicted molar refractivity (Wildman–Crippen MR) is 106 cm³/mol. The first kappa shape index (κ1) is 23.1. The lowest BCUT2D eigenvalue weighted by Gasteiger charge is -2.27. The largest absolute Gasteiger partial charge is 0.396 e. The second kappa shape index (κ2) is 9.85. The number of aryl methyl sites for hydroxylation is 1. The quantitative estimate of drug-likeness (QED) is 0.490. The van der Waals surface area contributed by atoms with Crippen LogP contribution in [0.25, 0.3) is 0 Å². The Bertz CT molecular complexity index is 618. The van der Waals surface area contributed by atoms with Crippen LogP contribution < -0.4 is 10.6 Å². The Labute approximate surface area is 162 Å². The van der Waals surface area contributed by atoms with Gasteiger partial charge in [-0.15, -0.1) is 0 Å². The molecule has 2 amide bonds. The van der Waals surface area contributed by atoms with Crippen LogP contribution in [-0.2, 0) is 21.4 Å². The van der Waals surface area contributed by atoms with E-state index in [1.54, 1.807) is 13.8 Å². The fourth-order valence-electron chi connectivity index (χ4n) is 2.44. The van der Waals surface area contributed by atoms with Gasteiger partial charge in [-0.1, -0.05) is 58.9 Å². The second-order valence-corrected chi connectivity index (χ2v) is 8.64. The molecule has 0 aliphatic rings. The van der Waals surface area contributed by atoms with Gasteiger partial charge in [-0.3, -0.25) is 9.59 Å². The predicted octanol–water partition coefficient (Wildman–Crippen LogP) is 1.53. The van der Waals surface area contributed by atoms with Crippen LogP contribution in [0.1, 0.15) is 52.2 Å². The van der Waals surface area contributed by atoms with Crippen LogP contribution in [0.15, 0.2) is 24.3 Å². The first-order valence-electron chi connectivity index (χ1n) is 9.40. The number of hydrogen-bond acceptors (Lipinski definition) is 4. The Morgan fingerprint density at radius 1 is 1.00 bits per heavy atom. The molecule has 0 unspecified atom stereocenters. The first-order valence-corrected chi connectivity index (χ1v) is 9.40. The number of carbonyl (C=O) groups is 2. The summed E-state index contributed by atoms with van der Waals surface area (Å²) < 4.78 is 0. The van der Waals surface area contributed by atoms with Crippen LogP contribution in [0.4, 0.5) is 0 Å². The maximum Gasteiger partial charge on any atom is 0.249 e. The van der Waals surface area contributed by atoms with Crippen molar-refractivity contribution < 1.29 is 19.8 Å². The van der Waals surface area contributed by atoms with E-state index in [-0.39, 0.29) is 24.5 Å². The normalized spacial score (nSPS) is 13.1. The van der Waals surface area contributed by atoms with Crippen molar-refractivity contribution in [3.8, 4) is 0 Å². The van der Waals surface area contributed by atoms with E-state index < -0.39 is 17.4 Å². The Kier molecular flexibility index (Phi) is 8.44. The van der Waals surface area contributed by atoms with Crippen molar-refractivity contribution in [2.24, 2.45) is 5.41 Å². The zero-order chi connectivity index (χ0) is 20.7. The molecule has 1 atom stereocenters. The average molecular weight is 379 g/mol. The van der Waals surface area contributed by atoms with E-state index in [0.29, 0.717) is 19.4 Å². The highest BCUT2D eigenvalue weighted by atomic mass is 16.3. The standard InChI is InChI=1S/C21H34N2O4/c1-20(2,3)16-9-6-15(7-10-16)8-11-17(25)22-12-13-23-19(27)18(26)21(4,5)14-24/h6-7,9-10,18,24,26H,8,11-14H2,1-5H3,(H,22,25)(H,23,27)/t18-/m0/s1. The smallest absolute Gasteiger partial charge is 0.249 e. The van der Waals surface area contributed by atoms with Crippen LogP contribution >= 0.6 is 0 Å². The second-order valence-electron chi connectivity index (χ2n) is 8.64. The number of aliphatic hydroxyl groups is 2. The molecule has 0 saturated heterocycles. The molecule has 27 heavy (non-hydrogen) atoms. The van der Waals surface area contributed by atoms with Crippen molar-refractivity contribution in [1.82, 2.24) is 10.6 Å². The Hall–Kier alpha value is -1.92. The lowest BCUT2D eigenvalue weighted by Crippen LogP contribution is -2.47. The molecule has 1 rings (SSSR count). The number of carbonyl (C=O) groups excluding carboxylic acids is 2. The zero-order valence-corrected chi connectivity index (χ0v) is 17.1. The van der Waals surface area contributed by atoms with E-state index in [9.17, 15) is 14.7 Å². The first-order chi connectivity index (χ1) is 12.5. The molecule has 1 aromatic carbocycles. The summed E-state index contributed by atoms with van der Waals surface area (Å²) in [6.07, 6.45) is -0.260. The minimum absolute atomic E-state index is 0.0830. The molecule has 6 heteroatoms. The highest BCUT2D eigenvalue weighted by Crippen LogP contribution is 2.22. The molecule has 0 aliphatic heterocycles. The van der Waals surface area contributed by atoms with Gasteiger partial charge in [-0.2, -0.15) is 0 Å². The average Bonchev–Trinajstić information content (AvgIpc) is 2.62. The molecular weight excluding hydrogens is 344 g/mol. The molecule has 0 radical (unpaired) electrons. The number of benzene rings is 1.